The van der Waals surface area contributed by atoms with Crippen LogP contribution in [-0.4, -0.2) is 40.5 Å². The maximum atomic E-state index is 10.4. The first kappa shape index (κ1) is 20.5. The molecule has 0 radical (unpaired) electrons. The van der Waals surface area contributed by atoms with Gasteiger partial charge in [-0.3, -0.25) is 4.68 Å². The van der Waals surface area contributed by atoms with Gasteiger partial charge in [0.2, 0.25) is 0 Å². The number of nitrogens with zero attached hydrogens (tertiary/aromatic N) is 3. The van der Waals surface area contributed by atoms with E-state index in [1.807, 2.05) is 23.9 Å². The van der Waals surface area contributed by atoms with Crippen LogP contribution in [0.2, 0.25) is 0 Å². The highest BCUT2D eigenvalue weighted by molar-refractivity contribution is 14.0. The highest BCUT2D eigenvalue weighted by Gasteiger charge is 2.25. The van der Waals surface area contributed by atoms with Crippen LogP contribution in [0.5, 0.6) is 0 Å². The molecule has 24 heavy (non-hydrogen) atoms. The third-order valence-corrected chi connectivity index (χ3v) is 3.36. The zero-order chi connectivity index (χ0) is 16.5. The third kappa shape index (κ3) is 6.52. The van der Waals surface area contributed by atoms with Crippen LogP contribution in [0.25, 0.3) is 0 Å². The topological polar surface area (TPSA) is 87.6 Å². The SMILES string of the molecule is CCNC(=NCC(C)(O)c1ccco1)NCCCn1cccn1.I. The molecule has 2 rings (SSSR count). The van der Waals surface area contributed by atoms with E-state index in [4.69, 9.17) is 4.42 Å². The van der Waals surface area contributed by atoms with Crippen molar-refractivity contribution < 1.29 is 9.52 Å². The molecule has 2 aromatic rings. The summed E-state index contributed by atoms with van der Waals surface area (Å²) in [6, 6.07) is 5.42. The van der Waals surface area contributed by atoms with Crippen LogP contribution in [0.4, 0.5) is 0 Å². The quantitative estimate of drug-likeness (QED) is 0.249. The molecule has 1 unspecified atom stereocenters. The van der Waals surface area contributed by atoms with E-state index >= 15 is 0 Å². The summed E-state index contributed by atoms with van der Waals surface area (Å²) in [4.78, 5) is 4.44. The van der Waals surface area contributed by atoms with Gasteiger partial charge in [0.15, 0.2) is 5.96 Å². The highest BCUT2D eigenvalue weighted by Crippen LogP contribution is 2.20. The van der Waals surface area contributed by atoms with Crippen molar-refractivity contribution in [3.63, 3.8) is 0 Å². The van der Waals surface area contributed by atoms with Gasteiger partial charge in [-0.2, -0.15) is 5.10 Å². The third-order valence-electron chi connectivity index (χ3n) is 3.36. The fraction of sp³-hybridized carbons (Fsp3) is 0.500. The van der Waals surface area contributed by atoms with Crippen LogP contribution in [0.1, 0.15) is 26.0 Å². The van der Waals surface area contributed by atoms with Crippen LogP contribution in [-0.2, 0) is 12.1 Å². The molecule has 3 N–H and O–H groups in total. The van der Waals surface area contributed by atoms with Crippen LogP contribution < -0.4 is 10.6 Å². The van der Waals surface area contributed by atoms with Crippen molar-refractivity contribution >= 4 is 29.9 Å². The fourth-order valence-electron chi connectivity index (χ4n) is 2.12. The molecule has 0 aliphatic carbocycles. The number of aryl methyl sites for hydroxylation is 1. The molecule has 0 fully saturated rings. The predicted octanol–water partition coefficient (Wildman–Crippen LogP) is 1.95. The van der Waals surface area contributed by atoms with E-state index in [0.717, 1.165) is 26.1 Å². The van der Waals surface area contributed by atoms with Crippen LogP contribution >= 0.6 is 24.0 Å². The molecule has 2 heterocycles. The standard InChI is InChI=1S/C16H25N5O2.HI/c1-3-17-15(18-8-5-10-21-11-6-9-20-21)19-13-16(2,22)14-7-4-12-23-14;/h4,6-7,9,11-12,22H,3,5,8,10,13H2,1-2H3,(H2,17,18,19);1H. The monoisotopic (exact) mass is 447 g/mol. The molecule has 0 bridgehead atoms. The van der Waals surface area contributed by atoms with Crippen molar-refractivity contribution in [3.05, 3.63) is 42.6 Å². The molecule has 0 aromatic carbocycles. The first-order chi connectivity index (χ1) is 11.1. The Morgan fingerprint density at radius 2 is 2.25 bits per heavy atom. The van der Waals surface area contributed by atoms with Gasteiger partial charge in [0, 0.05) is 32.0 Å². The Bertz CT molecular complexity index is 582. The maximum Gasteiger partial charge on any atom is 0.191 e. The Balaban J connectivity index is 0.00000288. The molecular weight excluding hydrogens is 421 g/mol. The molecule has 0 amide bonds. The van der Waals surface area contributed by atoms with Gasteiger partial charge in [-0.05, 0) is 38.5 Å². The average molecular weight is 447 g/mol. The van der Waals surface area contributed by atoms with Crippen LogP contribution in [0.3, 0.4) is 0 Å². The summed E-state index contributed by atoms with van der Waals surface area (Å²) in [6.07, 6.45) is 6.20. The lowest BCUT2D eigenvalue weighted by Gasteiger charge is -2.19. The normalized spacial score (nSPS) is 13.9. The molecule has 2 aromatic heterocycles. The minimum Gasteiger partial charge on any atom is -0.466 e. The second kappa shape index (κ2) is 10.3. The zero-order valence-electron chi connectivity index (χ0n) is 14.1. The second-order valence-corrected chi connectivity index (χ2v) is 5.50. The molecule has 0 saturated carbocycles. The summed E-state index contributed by atoms with van der Waals surface area (Å²) >= 11 is 0. The number of guanidine groups is 1. The Kier molecular flexibility index (Phi) is 8.83. The van der Waals surface area contributed by atoms with Gasteiger partial charge in [-0.15, -0.1) is 24.0 Å². The average Bonchev–Trinajstić information content (AvgIpc) is 3.22. The van der Waals surface area contributed by atoms with Crippen LogP contribution in [0.15, 0.2) is 46.3 Å². The van der Waals surface area contributed by atoms with E-state index in [1.54, 1.807) is 31.5 Å². The van der Waals surface area contributed by atoms with Crippen molar-refractivity contribution in [2.24, 2.45) is 4.99 Å². The van der Waals surface area contributed by atoms with Crippen molar-refractivity contribution in [2.45, 2.75) is 32.4 Å². The number of rotatable bonds is 8. The van der Waals surface area contributed by atoms with Gasteiger partial charge in [0.1, 0.15) is 11.4 Å². The molecule has 134 valence electrons. The number of aliphatic imine (C=N–C) groups is 1. The minimum absolute atomic E-state index is 0. The van der Waals surface area contributed by atoms with Gasteiger partial charge in [0.05, 0.1) is 12.8 Å². The van der Waals surface area contributed by atoms with E-state index in [9.17, 15) is 5.11 Å². The number of aliphatic hydroxyl groups is 1. The molecule has 1 atom stereocenters. The molecule has 7 nitrogen and oxygen atoms in total. The second-order valence-electron chi connectivity index (χ2n) is 5.50. The molecule has 0 spiro atoms. The maximum absolute atomic E-state index is 10.4. The lowest BCUT2D eigenvalue weighted by atomic mass is 10.0. The zero-order valence-corrected chi connectivity index (χ0v) is 16.4. The summed E-state index contributed by atoms with van der Waals surface area (Å²) in [5.74, 6) is 1.19. The number of nitrogens with one attached hydrogen (secondary N) is 2. The van der Waals surface area contributed by atoms with Gasteiger partial charge in [0.25, 0.3) is 0 Å². The lowest BCUT2D eigenvalue weighted by Crippen LogP contribution is -2.39. The van der Waals surface area contributed by atoms with Gasteiger partial charge in [-0.25, -0.2) is 4.99 Å². The van der Waals surface area contributed by atoms with Gasteiger partial charge < -0.3 is 20.2 Å². The number of hydrogen-bond acceptors (Lipinski definition) is 4. The number of aromatic nitrogens is 2. The predicted molar refractivity (Wildman–Crippen MR) is 105 cm³/mol. The summed E-state index contributed by atoms with van der Waals surface area (Å²) < 4.78 is 7.16. The first-order valence-electron chi connectivity index (χ1n) is 7.88. The summed E-state index contributed by atoms with van der Waals surface area (Å²) in [5, 5.41) is 21.0. The Labute approximate surface area is 159 Å². The number of hydrogen-bond donors (Lipinski definition) is 3. The van der Waals surface area contributed by atoms with Crippen molar-refractivity contribution in [3.8, 4) is 0 Å². The van der Waals surface area contributed by atoms with Gasteiger partial charge >= 0.3 is 0 Å². The molecule has 8 heteroatoms. The fourth-order valence-corrected chi connectivity index (χ4v) is 2.12. The Morgan fingerprint density at radius 1 is 1.42 bits per heavy atom. The lowest BCUT2D eigenvalue weighted by molar-refractivity contribution is 0.0437. The Hall–Kier alpha value is -1.55. The van der Waals surface area contributed by atoms with E-state index in [2.05, 4.69) is 20.7 Å². The Morgan fingerprint density at radius 3 is 2.88 bits per heavy atom. The van der Waals surface area contributed by atoms with Crippen molar-refractivity contribution in [2.75, 3.05) is 19.6 Å². The van der Waals surface area contributed by atoms with E-state index in [1.165, 1.54) is 0 Å². The summed E-state index contributed by atoms with van der Waals surface area (Å²) in [6.45, 7) is 6.29. The highest BCUT2D eigenvalue weighted by atomic mass is 127. The van der Waals surface area contributed by atoms with E-state index < -0.39 is 5.60 Å². The molecule has 0 aliphatic rings. The summed E-state index contributed by atoms with van der Waals surface area (Å²) in [5.41, 5.74) is -1.12. The van der Waals surface area contributed by atoms with E-state index in [0.29, 0.717) is 11.7 Å². The van der Waals surface area contributed by atoms with Crippen molar-refractivity contribution in [1.29, 1.82) is 0 Å². The smallest absolute Gasteiger partial charge is 0.191 e. The molecule has 0 aliphatic heterocycles. The van der Waals surface area contributed by atoms with Crippen molar-refractivity contribution in [1.82, 2.24) is 20.4 Å². The van der Waals surface area contributed by atoms with Crippen LogP contribution in [0, 0.1) is 0 Å². The number of halogens is 1. The first-order valence-corrected chi connectivity index (χ1v) is 7.88. The molecule has 0 saturated heterocycles. The van der Waals surface area contributed by atoms with Gasteiger partial charge in [-0.1, -0.05) is 0 Å². The molecular formula is C16H26IN5O2. The minimum atomic E-state index is -1.12. The largest absolute Gasteiger partial charge is 0.466 e. The number of furan rings is 1. The van der Waals surface area contributed by atoms with E-state index in [-0.39, 0.29) is 30.5 Å². The summed E-state index contributed by atoms with van der Waals surface area (Å²) in [7, 11) is 0.